The summed E-state index contributed by atoms with van der Waals surface area (Å²) in [6.07, 6.45) is 12.4. The Balaban J connectivity index is 2.70. The Kier molecular flexibility index (Phi) is 14.3. The van der Waals surface area contributed by atoms with Gasteiger partial charge in [-0.1, -0.05) is 50.2 Å². The molecule has 0 saturated heterocycles. The largest absolute Gasteiger partial charge is 0.496 e. The number of allylic oxidation sites excluding steroid dienone is 2. The number of methoxy groups -OCH3 is 2. The fourth-order valence-corrected chi connectivity index (χ4v) is 3.90. The van der Waals surface area contributed by atoms with Crippen LogP contribution in [0.25, 0.3) is 0 Å². The van der Waals surface area contributed by atoms with Gasteiger partial charge in [-0.25, -0.2) is 0 Å². The van der Waals surface area contributed by atoms with Gasteiger partial charge in [0.25, 0.3) is 0 Å². The number of aliphatic hydroxyl groups is 2. The van der Waals surface area contributed by atoms with Crippen LogP contribution in [0.4, 0.5) is 0 Å². The molecule has 0 heterocycles. The van der Waals surface area contributed by atoms with Crippen LogP contribution in [0.1, 0.15) is 87.5 Å². The first-order chi connectivity index (χ1) is 15.0. The first kappa shape index (κ1) is 27.5. The van der Waals surface area contributed by atoms with Gasteiger partial charge in [-0.2, -0.15) is 0 Å². The van der Waals surface area contributed by atoms with E-state index in [4.69, 9.17) is 14.2 Å². The maximum absolute atomic E-state index is 9.99. The molecule has 31 heavy (non-hydrogen) atoms. The molecule has 0 spiro atoms. The third-order valence-electron chi connectivity index (χ3n) is 5.70. The van der Waals surface area contributed by atoms with Gasteiger partial charge in [-0.15, -0.1) is 0 Å². The Bertz CT molecular complexity index is 662. The highest BCUT2D eigenvalue weighted by molar-refractivity contribution is 5.59. The molecule has 0 fully saturated rings. The molecule has 178 valence electrons. The minimum Gasteiger partial charge on any atom is -0.496 e. The van der Waals surface area contributed by atoms with E-state index < -0.39 is 0 Å². The summed E-state index contributed by atoms with van der Waals surface area (Å²) in [5, 5.41) is 20.0. The number of ether oxygens (including phenoxy) is 3. The lowest BCUT2D eigenvalue weighted by Crippen LogP contribution is -2.10. The van der Waals surface area contributed by atoms with Gasteiger partial charge in [-0.05, 0) is 45.6 Å². The van der Waals surface area contributed by atoms with E-state index in [-0.39, 0.29) is 13.2 Å². The number of aliphatic hydroxyl groups excluding tert-OH is 2. The van der Waals surface area contributed by atoms with E-state index in [1.165, 1.54) is 37.7 Å². The summed E-state index contributed by atoms with van der Waals surface area (Å²) in [7, 11) is 3.37. The van der Waals surface area contributed by atoms with Crippen LogP contribution in [-0.4, -0.2) is 37.6 Å². The van der Waals surface area contributed by atoms with E-state index in [1.54, 1.807) is 14.2 Å². The van der Waals surface area contributed by atoms with E-state index in [0.29, 0.717) is 35.7 Å². The molecule has 0 aliphatic heterocycles. The van der Waals surface area contributed by atoms with Gasteiger partial charge in [0.15, 0.2) is 0 Å². The molecule has 0 unspecified atom stereocenters. The Morgan fingerprint density at radius 2 is 1.26 bits per heavy atom. The molecule has 5 nitrogen and oxygen atoms in total. The summed E-state index contributed by atoms with van der Waals surface area (Å²) in [6, 6.07) is 0. The van der Waals surface area contributed by atoms with Crippen LogP contribution in [-0.2, 0) is 24.4 Å². The molecule has 1 aromatic carbocycles. The molecule has 0 radical (unpaired) electrons. The van der Waals surface area contributed by atoms with Crippen molar-refractivity contribution in [3.8, 4) is 11.5 Å². The summed E-state index contributed by atoms with van der Waals surface area (Å²) in [5.74, 6) is 1.35. The summed E-state index contributed by atoms with van der Waals surface area (Å²) in [6.45, 7) is 7.24. The first-order valence-electron chi connectivity index (χ1n) is 11.7. The Labute approximate surface area is 189 Å². The highest BCUT2D eigenvalue weighted by atomic mass is 16.5. The quantitative estimate of drug-likeness (QED) is 0.244. The molecule has 0 atom stereocenters. The van der Waals surface area contributed by atoms with Crippen molar-refractivity contribution in [3.63, 3.8) is 0 Å². The van der Waals surface area contributed by atoms with Crippen LogP contribution in [0.2, 0.25) is 0 Å². The highest BCUT2D eigenvalue weighted by Gasteiger charge is 2.22. The van der Waals surface area contributed by atoms with E-state index in [0.717, 1.165) is 37.0 Å². The smallest absolute Gasteiger partial charge is 0.128 e. The lowest BCUT2D eigenvalue weighted by atomic mass is 9.94. The lowest BCUT2D eigenvalue weighted by Gasteiger charge is -2.23. The van der Waals surface area contributed by atoms with Crippen molar-refractivity contribution in [1.29, 1.82) is 0 Å². The topological polar surface area (TPSA) is 68.2 Å². The zero-order chi connectivity index (χ0) is 23.1. The van der Waals surface area contributed by atoms with Crippen molar-refractivity contribution in [1.82, 2.24) is 0 Å². The second-order valence-electron chi connectivity index (χ2n) is 8.39. The highest BCUT2D eigenvalue weighted by Crippen LogP contribution is 2.39. The van der Waals surface area contributed by atoms with Crippen molar-refractivity contribution in [2.45, 2.75) is 91.8 Å². The molecule has 0 aliphatic carbocycles. The van der Waals surface area contributed by atoms with Gasteiger partial charge in [0.05, 0.1) is 26.9 Å². The number of hydrogen-bond donors (Lipinski definition) is 2. The standard InChI is InChI=1S/C26H44O5/c1-20(2)14-15-22-21(3)25(23(18-27)24(19-28)26(22)30-5)31-17-13-11-9-7-6-8-10-12-16-29-4/h14,27-28H,6-13,15-19H2,1-5H3. The predicted octanol–water partition coefficient (Wildman–Crippen LogP) is 5.64. The van der Waals surface area contributed by atoms with Gasteiger partial charge < -0.3 is 24.4 Å². The average Bonchev–Trinajstić information content (AvgIpc) is 2.76. The minimum absolute atomic E-state index is 0.186. The molecule has 1 aromatic rings. The maximum Gasteiger partial charge on any atom is 0.128 e. The van der Waals surface area contributed by atoms with Crippen LogP contribution in [0.15, 0.2) is 11.6 Å². The van der Waals surface area contributed by atoms with Crippen molar-refractivity contribution in [2.24, 2.45) is 0 Å². The molecule has 0 aromatic heterocycles. The van der Waals surface area contributed by atoms with Gasteiger partial charge in [0, 0.05) is 30.4 Å². The Morgan fingerprint density at radius 3 is 1.74 bits per heavy atom. The van der Waals surface area contributed by atoms with Crippen LogP contribution >= 0.6 is 0 Å². The SMILES string of the molecule is COCCCCCCCCCCOc1c(C)c(CC=C(C)C)c(OC)c(CO)c1CO. The minimum atomic E-state index is -0.193. The number of hydrogen-bond acceptors (Lipinski definition) is 5. The third kappa shape index (κ3) is 9.22. The molecule has 1 rings (SSSR count). The van der Waals surface area contributed by atoms with Crippen molar-refractivity contribution in [3.05, 3.63) is 33.9 Å². The third-order valence-corrected chi connectivity index (χ3v) is 5.70. The average molecular weight is 437 g/mol. The van der Waals surface area contributed by atoms with Crippen LogP contribution in [0.3, 0.4) is 0 Å². The molecule has 2 N–H and O–H groups in total. The van der Waals surface area contributed by atoms with E-state index >= 15 is 0 Å². The van der Waals surface area contributed by atoms with Crippen molar-refractivity contribution >= 4 is 0 Å². The normalized spacial score (nSPS) is 10.9. The van der Waals surface area contributed by atoms with E-state index in [2.05, 4.69) is 19.9 Å². The van der Waals surface area contributed by atoms with Crippen LogP contribution < -0.4 is 9.47 Å². The molecule has 5 heteroatoms. The summed E-state index contributed by atoms with van der Waals surface area (Å²) in [5.41, 5.74) is 4.46. The van der Waals surface area contributed by atoms with Crippen molar-refractivity contribution in [2.75, 3.05) is 27.4 Å². The number of unbranched alkanes of at least 4 members (excludes halogenated alkanes) is 7. The summed E-state index contributed by atoms with van der Waals surface area (Å²) in [4.78, 5) is 0. The lowest BCUT2D eigenvalue weighted by molar-refractivity contribution is 0.192. The first-order valence-corrected chi connectivity index (χ1v) is 11.7. The second kappa shape index (κ2) is 16.1. The zero-order valence-electron chi connectivity index (χ0n) is 20.4. The van der Waals surface area contributed by atoms with Gasteiger partial charge in [0.2, 0.25) is 0 Å². The molecule has 0 aliphatic rings. The van der Waals surface area contributed by atoms with E-state index in [9.17, 15) is 10.2 Å². The van der Waals surface area contributed by atoms with Crippen LogP contribution in [0.5, 0.6) is 11.5 Å². The molecular weight excluding hydrogens is 392 g/mol. The van der Waals surface area contributed by atoms with Crippen LogP contribution in [0, 0.1) is 6.92 Å². The molecule has 0 amide bonds. The molecule has 0 saturated carbocycles. The molecule has 0 bridgehead atoms. The fourth-order valence-electron chi connectivity index (χ4n) is 3.90. The number of benzene rings is 1. The maximum atomic E-state index is 9.99. The predicted molar refractivity (Wildman–Crippen MR) is 127 cm³/mol. The van der Waals surface area contributed by atoms with Gasteiger partial charge in [-0.3, -0.25) is 0 Å². The number of rotatable bonds is 17. The van der Waals surface area contributed by atoms with Crippen molar-refractivity contribution < 1.29 is 24.4 Å². The monoisotopic (exact) mass is 436 g/mol. The molecular formula is C26H44O5. The Morgan fingerprint density at radius 1 is 0.742 bits per heavy atom. The second-order valence-corrected chi connectivity index (χ2v) is 8.39. The van der Waals surface area contributed by atoms with Gasteiger partial charge in [0.1, 0.15) is 11.5 Å². The summed E-state index contributed by atoms with van der Waals surface area (Å²) < 4.78 is 16.9. The fraction of sp³-hybridized carbons (Fsp3) is 0.692. The van der Waals surface area contributed by atoms with E-state index in [1.807, 2.05) is 6.92 Å². The Hall–Kier alpha value is -1.56. The zero-order valence-corrected chi connectivity index (χ0v) is 20.4. The van der Waals surface area contributed by atoms with Gasteiger partial charge >= 0.3 is 0 Å². The summed E-state index contributed by atoms with van der Waals surface area (Å²) >= 11 is 0.